The number of hydrogen-bond acceptors (Lipinski definition) is 10. The second-order valence-electron chi connectivity index (χ2n) is 8.60. The molecule has 11 nitrogen and oxygen atoms in total. The summed E-state index contributed by atoms with van der Waals surface area (Å²) < 4.78 is 18.8. The molecule has 5 rings (SSSR count). The maximum Gasteiger partial charge on any atom is 0.343 e. The normalized spacial score (nSPS) is 10.7. The number of aromatic nitrogens is 5. The van der Waals surface area contributed by atoms with Crippen molar-refractivity contribution in [2.45, 2.75) is 40.7 Å². The molecule has 0 aliphatic carbocycles. The Kier molecular flexibility index (Phi) is 8.95. The van der Waals surface area contributed by atoms with E-state index in [0.717, 1.165) is 5.52 Å². The van der Waals surface area contributed by atoms with E-state index in [0.29, 0.717) is 34.2 Å². The highest BCUT2D eigenvalue weighted by molar-refractivity contribution is 5.96. The average molecular weight is 544 g/mol. The van der Waals surface area contributed by atoms with Crippen LogP contribution in [0.5, 0.6) is 5.75 Å². The van der Waals surface area contributed by atoms with E-state index < -0.39 is 5.97 Å². The Morgan fingerprint density at radius 3 is 2.55 bits per heavy atom. The Bertz CT molecular complexity index is 1560. The second-order valence-corrected chi connectivity index (χ2v) is 8.60. The SMILES string of the molecule is CC.CCOC(=O)c1cnc(Nc2cnn(C(C)C)c2)nc1Nc1cccc(-c2nc3ccccc3o2)c1OC. The van der Waals surface area contributed by atoms with Crippen LogP contribution in [0, 0.1) is 0 Å². The lowest BCUT2D eigenvalue weighted by Gasteiger charge is -2.15. The van der Waals surface area contributed by atoms with Crippen molar-refractivity contribution in [3.8, 4) is 17.2 Å². The summed E-state index contributed by atoms with van der Waals surface area (Å²) in [6.45, 7) is 10.0. The molecule has 0 fully saturated rings. The summed E-state index contributed by atoms with van der Waals surface area (Å²) in [5.41, 5.74) is 3.48. The molecule has 0 aliphatic rings. The average Bonchev–Trinajstić information content (AvgIpc) is 3.62. The maximum atomic E-state index is 12.7. The summed E-state index contributed by atoms with van der Waals surface area (Å²) in [7, 11) is 1.55. The Morgan fingerprint density at radius 1 is 1.05 bits per heavy atom. The molecule has 0 bridgehead atoms. The fraction of sp³-hybridized carbons (Fsp3) is 0.276. The zero-order valence-electron chi connectivity index (χ0n) is 23.4. The van der Waals surface area contributed by atoms with Crippen LogP contribution in [-0.2, 0) is 4.74 Å². The van der Waals surface area contributed by atoms with E-state index in [1.807, 2.05) is 81.0 Å². The number of fused-ring (bicyclic) bond motifs is 1. The predicted octanol–water partition coefficient (Wildman–Crippen LogP) is 6.76. The van der Waals surface area contributed by atoms with E-state index in [-0.39, 0.29) is 30.0 Å². The van der Waals surface area contributed by atoms with Gasteiger partial charge in [-0.15, -0.1) is 0 Å². The van der Waals surface area contributed by atoms with Gasteiger partial charge in [-0.1, -0.05) is 32.0 Å². The Hall–Kier alpha value is -4.93. The number of methoxy groups -OCH3 is 1. The molecule has 0 spiro atoms. The lowest BCUT2D eigenvalue weighted by molar-refractivity contribution is 0.0526. The van der Waals surface area contributed by atoms with Gasteiger partial charge in [0.2, 0.25) is 11.8 Å². The van der Waals surface area contributed by atoms with Crippen molar-refractivity contribution in [3.63, 3.8) is 0 Å². The fourth-order valence-corrected chi connectivity index (χ4v) is 3.85. The molecule has 0 saturated heterocycles. The van der Waals surface area contributed by atoms with Gasteiger partial charge in [0.05, 0.1) is 36.9 Å². The number of esters is 1. The zero-order valence-corrected chi connectivity index (χ0v) is 23.4. The summed E-state index contributed by atoms with van der Waals surface area (Å²) in [4.78, 5) is 26.2. The Morgan fingerprint density at radius 2 is 1.85 bits per heavy atom. The van der Waals surface area contributed by atoms with Gasteiger partial charge in [0.1, 0.15) is 11.1 Å². The third-order valence-electron chi connectivity index (χ3n) is 5.67. The number of carbonyl (C=O) groups is 1. The fourth-order valence-electron chi connectivity index (χ4n) is 3.85. The first-order chi connectivity index (χ1) is 19.5. The van der Waals surface area contributed by atoms with Gasteiger partial charge in [0.15, 0.2) is 17.2 Å². The molecule has 0 amide bonds. The van der Waals surface area contributed by atoms with E-state index >= 15 is 0 Å². The van der Waals surface area contributed by atoms with Gasteiger partial charge in [-0.3, -0.25) is 4.68 Å². The number of oxazole rings is 1. The van der Waals surface area contributed by atoms with Crippen LogP contribution in [0.1, 0.15) is 51.0 Å². The molecule has 40 heavy (non-hydrogen) atoms. The first-order valence-electron chi connectivity index (χ1n) is 13.1. The smallest absolute Gasteiger partial charge is 0.343 e. The lowest BCUT2D eigenvalue weighted by atomic mass is 10.1. The summed E-state index contributed by atoms with van der Waals surface area (Å²) in [6.07, 6.45) is 4.95. The summed E-state index contributed by atoms with van der Waals surface area (Å²) in [5, 5.41) is 10.7. The molecule has 2 N–H and O–H groups in total. The molecule has 11 heteroatoms. The van der Waals surface area contributed by atoms with Crippen LogP contribution >= 0.6 is 0 Å². The van der Waals surface area contributed by atoms with Crippen LogP contribution in [-0.4, -0.2) is 44.4 Å². The van der Waals surface area contributed by atoms with Crippen LogP contribution in [0.4, 0.5) is 23.1 Å². The minimum atomic E-state index is -0.553. The molecular formula is C29H33N7O4. The zero-order chi connectivity index (χ0) is 28.6. The highest BCUT2D eigenvalue weighted by atomic mass is 16.5. The molecule has 0 saturated carbocycles. The molecule has 5 aromatic rings. The summed E-state index contributed by atoms with van der Waals surface area (Å²) in [5.74, 6) is 0.844. The summed E-state index contributed by atoms with van der Waals surface area (Å²) >= 11 is 0. The van der Waals surface area contributed by atoms with E-state index in [4.69, 9.17) is 13.9 Å². The Labute approximate surface area is 232 Å². The van der Waals surface area contributed by atoms with Gasteiger partial charge in [-0.2, -0.15) is 10.1 Å². The molecule has 3 aromatic heterocycles. The van der Waals surface area contributed by atoms with Gasteiger partial charge < -0.3 is 24.5 Å². The first-order valence-corrected chi connectivity index (χ1v) is 13.1. The van der Waals surface area contributed by atoms with Gasteiger partial charge >= 0.3 is 5.97 Å². The Balaban J connectivity index is 0.00000181. The highest BCUT2D eigenvalue weighted by Gasteiger charge is 2.21. The van der Waals surface area contributed by atoms with Crippen LogP contribution in [0.2, 0.25) is 0 Å². The largest absolute Gasteiger partial charge is 0.494 e. The van der Waals surface area contributed by atoms with Crippen molar-refractivity contribution in [1.29, 1.82) is 0 Å². The molecule has 208 valence electrons. The highest BCUT2D eigenvalue weighted by Crippen LogP contribution is 2.39. The van der Waals surface area contributed by atoms with Crippen molar-refractivity contribution < 1.29 is 18.7 Å². The van der Waals surface area contributed by atoms with Gasteiger partial charge in [-0.25, -0.2) is 14.8 Å². The number of rotatable bonds is 9. The topological polar surface area (TPSA) is 129 Å². The number of anilines is 4. The van der Waals surface area contributed by atoms with Crippen molar-refractivity contribution in [2.75, 3.05) is 24.4 Å². The number of hydrogen-bond donors (Lipinski definition) is 2. The predicted molar refractivity (Wildman–Crippen MR) is 155 cm³/mol. The number of benzene rings is 2. The molecule has 2 aromatic carbocycles. The standard InChI is InChI=1S/C27H27N7O4.C2H6/c1-5-37-26(35)19-14-28-27(30-17-13-29-34(15-17)16(2)3)33-24(19)31-21-11-8-9-18(23(21)36-4)25-32-20-10-6-7-12-22(20)38-25;1-2/h6-16H,5H2,1-4H3,(H2,28,30,31,33);1-2H3. The molecule has 0 radical (unpaired) electrons. The monoisotopic (exact) mass is 543 g/mol. The van der Waals surface area contributed by atoms with Crippen LogP contribution < -0.4 is 15.4 Å². The van der Waals surface area contributed by atoms with Crippen molar-refractivity contribution in [3.05, 3.63) is 66.6 Å². The van der Waals surface area contributed by atoms with Crippen molar-refractivity contribution in [2.24, 2.45) is 0 Å². The number of nitrogens with one attached hydrogen (secondary N) is 2. The minimum absolute atomic E-state index is 0.171. The molecule has 0 unspecified atom stereocenters. The van der Waals surface area contributed by atoms with Gasteiger partial charge in [-0.05, 0) is 45.0 Å². The van der Waals surface area contributed by atoms with Crippen molar-refractivity contribution >= 4 is 40.2 Å². The number of carbonyl (C=O) groups excluding carboxylic acids is 1. The van der Waals surface area contributed by atoms with E-state index in [2.05, 4.69) is 30.7 Å². The first kappa shape index (κ1) is 28.1. The molecule has 0 atom stereocenters. The third-order valence-corrected chi connectivity index (χ3v) is 5.67. The van der Waals surface area contributed by atoms with E-state index in [1.54, 1.807) is 20.2 Å². The number of para-hydroxylation sites is 3. The van der Waals surface area contributed by atoms with Crippen molar-refractivity contribution in [1.82, 2.24) is 24.7 Å². The summed E-state index contributed by atoms with van der Waals surface area (Å²) in [6, 6.07) is 13.2. The van der Waals surface area contributed by atoms with Crippen LogP contribution in [0.3, 0.4) is 0 Å². The number of nitrogens with zero attached hydrogens (tertiary/aromatic N) is 5. The van der Waals surface area contributed by atoms with Crippen LogP contribution in [0.15, 0.2) is 65.5 Å². The van der Waals surface area contributed by atoms with Crippen LogP contribution in [0.25, 0.3) is 22.6 Å². The maximum absolute atomic E-state index is 12.7. The van der Waals surface area contributed by atoms with Gasteiger partial charge in [0, 0.05) is 18.4 Å². The van der Waals surface area contributed by atoms with E-state index in [1.165, 1.54) is 6.20 Å². The lowest BCUT2D eigenvalue weighted by Crippen LogP contribution is -2.12. The quantitative estimate of drug-likeness (QED) is 0.192. The molecule has 0 aliphatic heterocycles. The molecular weight excluding hydrogens is 510 g/mol. The second kappa shape index (κ2) is 12.7. The van der Waals surface area contributed by atoms with E-state index in [9.17, 15) is 4.79 Å². The minimum Gasteiger partial charge on any atom is -0.494 e. The third kappa shape index (κ3) is 6.04. The van der Waals surface area contributed by atoms with Gasteiger partial charge in [0.25, 0.3) is 0 Å². The number of ether oxygens (including phenoxy) is 2. The molecule has 3 heterocycles.